The zero-order valence-electron chi connectivity index (χ0n) is 10.9. The molecule has 0 saturated carbocycles. The molecule has 0 bridgehead atoms. The molecule has 112 valence electrons. The van der Waals surface area contributed by atoms with E-state index in [1.807, 2.05) is 4.90 Å². The number of hydrogen-bond acceptors (Lipinski definition) is 3. The van der Waals surface area contributed by atoms with Gasteiger partial charge in [0, 0.05) is 19.3 Å². The molecule has 2 fully saturated rings. The molecule has 2 aliphatic rings. The Morgan fingerprint density at radius 1 is 1.30 bits per heavy atom. The molecule has 1 aromatic rings. The van der Waals surface area contributed by atoms with Crippen LogP contribution in [0.1, 0.15) is 16.8 Å². The number of hydrogen-bond donors (Lipinski definition) is 1. The molecule has 0 radical (unpaired) electrons. The molecule has 1 amide bonds. The average Bonchev–Trinajstić information content (AvgIpc) is 2.85. The number of piperidine rings is 1. The third-order valence-corrected chi connectivity index (χ3v) is 3.94. The summed E-state index contributed by atoms with van der Waals surface area (Å²) in [6.45, 7) is 3.58. The van der Waals surface area contributed by atoms with Crippen molar-refractivity contribution in [2.45, 2.75) is 6.42 Å². The minimum atomic E-state index is -0.460. The number of nitrogens with zero attached hydrogens (tertiary/aromatic N) is 2. The Bertz CT molecular complexity index is 475. The summed E-state index contributed by atoms with van der Waals surface area (Å²) in [5, 5.41) is 3.36. The van der Waals surface area contributed by atoms with Crippen molar-refractivity contribution in [1.29, 1.82) is 0 Å². The van der Waals surface area contributed by atoms with E-state index in [1.54, 1.807) is 0 Å². The summed E-state index contributed by atoms with van der Waals surface area (Å²) < 4.78 is 13.1. The van der Waals surface area contributed by atoms with E-state index < -0.39 is 5.82 Å². The van der Waals surface area contributed by atoms with Gasteiger partial charge >= 0.3 is 0 Å². The lowest BCUT2D eigenvalue weighted by Crippen LogP contribution is -2.43. The van der Waals surface area contributed by atoms with Crippen molar-refractivity contribution >= 4 is 30.7 Å². The summed E-state index contributed by atoms with van der Waals surface area (Å²) in [5.74, 6) is 0.675. The zero-order valence-corrected chi connectivity index (χ0v) is 12.6. The Labute approximate surface area is 130 Å². The van der Waals surface area contributed by atoms with E-state index in [0.717, 1.165) is 38.8 Å². The number of aromatic nitrogens is 1. The second-order valence-corrected chi connectivity index (χ2v) is 5.11. The monoisotopic (exact) mass is 321 g/mol. The van der Waals surface area contributed by atoms with Gasteiger partial charge in [-0.3, -0.25) is 9.78 Å². The second kappa shape index (κ2) is 7.20. The number of halogens is 3. The molecule has 0 aliphatic carbocycles. The van der Waals surface area contributed by atoms with E-state index in [9.17, 15) is 9.18 Å². The van der Waals surface area contributed by atoms with Crippen molar-refractivity contribution in [2.24, 2.45) is 11.8 Å². The first-order valence-corrected chi connectivity index (χ1v) is 6.34. The molecule has 3 rings (SSSR count). The van der Waals surface area contributed by atoms with E-state index in [2.05, 4.69) is 10.3 Å². The maximum Gasteiger partial charge on any atom is 0.255 e. The number of nitrogens with one attached hydrogen (secondary N) is 1. The van der Waals surface area contributed by atoms with Gasteiger partial charge in [0.1, 0.15) is 5.82 Å². The lowest BCUT2D eigenvalue weighted by atomic mass is 9.88. The second-order valence-electron chi connectivity index (χ2n) is 5.11. The van der Waals surface area contributed by atoms with Crippen LogP contribution in [0.25, 0.3) is 0 Å². The average molecular weight is 322 g/mol. The van der Waals surface area contributed by atoms with Gasteiger partial charge in [0.15, 0.2) is 0 Å². The summed E-state index contributed by atoms with van der Waals surface area (Å²) >= 11 is 0. The Kier molecular flexibility index (Phi) is 6.17. The fourth-order valence-electron chi connectivity index (χ4n) is 2.93. The van der Waals surface area contributed by atoms with Gasteiger partial charge in [0.25, 0.3) is 5.91 Å². The van der Waals surface area contributed by atoms with Crippen LogP contribution in [0.15, 0.2) is 18.5 Å². The molecule has 2 saturated heterocycles. The van der Waals surface area contributed by atoms with Gasteiger partial charge in [-0.05, 0) is 37.4 Å². The number of amides is 1. The molecule has 1 aromatic heterocycles. The number of rotatable bonds is 1. The van der Waals surface area contributed by atoms with Crippen molar-refractivity contribution in [1.82, 2.24) is 15.2 Å². The lowest BCUT2D eigenvalue weighted by molar-refractivity contribution is 0.0641. The first-order valence-electron chi connectivity index (χ1n) is 6.34. The molecular formula is C13H18Cl2FN3O. The zero-order chi connectivity index (χ0) is 12.5. The minimum Gasteiger partial charge on any atom is -0.338 e. The van der Waals surface area contributed by atoms with Gasteiger partial charge in [-0.1, -0.05) is 0 Å². The van der Waals surface area contributed by atoms with Gasteiger partial charge in [-0.15, -0.1) is 24.8 Å². The fraction of sp³-hybridized carbons (Fsp3) is 0.538. The number of carbonyl (C=O) groups excluding carboxylic acids is 1. The van der Waals surface area contributed by atoms with Crippen LogP contribution in [0.2, 0.25) is 0 Å². The van der Waals surface area contributed by atoms with E-state index in [4.69, 9.17) is 0 Å². The first-order chi connectivity index (χ1) is 8.74. The molecule has 0 aromatic carbocycles. The predicted octanol–water partition coefficient (Wildman–Crippen LogP) is 1.75. The van der Waals surface area contributed by atoms with E-state index in [-0.39, 0.29) is 30.7 Å². The number of likely N-dealkylation sites (tertiary alicyclic amines) is 1. The molecule has 2 atom stereocenters. The molecule has 2 unspecified atom stereocenters. The summed E-state index contributed by atoms with van der Waals surface area (Å²) in [7, 11) is 0. The molecule has 0 spiro atoms. The summed E-state index contributed by atoms with van der Waals surface area (Å²) in [5.41, 5.74) is 0.347. The number of pyridine rings is 1. The molecular weight excluding hydrogens is 304 g/mol. The maximum atomic E-state index is 13.1. The fourth-order valence-corrected chi connectivity index (χ4v) is 2.93. The van der Waals surface area contributed by atoms with Gasteiger partial charge in [-0.2, -0.15) is 0 Å². The SMILES string of the molecule is Cl.Cl.O=C(c1cncc(F)c1)N1CCC2CNCC2C1. The maximum absolute atomic E-state index is 13.1. The molecule has 20 heavy (non-hydrogen) atoms. The van der Waals surface area contributed by atoms with Crippen LogP contribution in [0.5, 0.6) is 0 Å². The smallest absolute Gasteiger partial charge is 0.255 e. The lowest BCUT2D eigenvalue weighted by Gasteiger charge is -2.34. The number of carbonyl (C=O) groups is 1. The third-order valence-electron chi connectivity index (χ3n) is 3.94. The van der Waals surface area contributed by atoms with E-state index in [1.165, 1.54) is 12.3 Å². The van der Waals surface area contributed by atoms with Crippen LogP contribution in [-0.2, 0) is 0 Å². The first kappa shape index (κ1) is 17.1. The Balaban J connectivity index is 0.000001000. The van der Waals surface area contributed by atoms with Crippen molar-refractivity contribution in [2.75, 3.05) is 26.2 Å². The summed E-state index contributed by atoms with van der Waals surface area (Å²) in [6.07, 6.45) is 3.58. The van der Waals surface area contributed by atoms with Crippen molar-refractivity contribution in [3.8, 4) is 0 Å². The largest absolute Gasteiger partial charge is 0.338 e. The third kappa shape index (κ3) is 3.40. The molecule has 3 heterocycles. The normalized spacial score (nSPS) is 24.4. The highest BCUT2D eigenvalue weighted by Crippen LogP contribution is 2.27. The van der Waals surface area contributed by atoms with E-state index >= 15 is 0 Å². The topological polar surface area (TPSA) is 45.2 Å². The van der Waals surface area contributed by atoms with Crippen LogP contribution in [-0.4, -0.2) is 42.0 Å². The number of fused-ring (bicyclic) bond motifs is 1. The van der Waals surface area contributed by atoms with E-state index in [0.29, 0.717) is 17.4 Å². The van der Waals surface area contributed by atoms with Gasteiger partial charge < -0.3 is 10.2 Å². The highest BCUT2D eigenvalue weighted by atomic mass is 35.5. The standard InChI is InChI=1S/C13H16FN3O.2ClH/c14-12-3-10(5-16-7-12)13(18)17-2-1-9-4-15-6-11(9)8-17;;/h3,5,7,9,11,15H,1-2,4,6,8H2;2*1H. The Hall–Kier alpha value is -0.910. The van der Waals surface area contributed by atoms with Crippen molar-refractivity contribution in [3.63, 3.8) is 0 Å². The van der Waals surface area contributed by atoms with Gasteiger partial charge in [0.2, 0.25) is 0 Å². The quantitative estimate of drug-likeness (QED) is 0.857. The molecule has 2 aliphatic heterocycles. The Morgan fingerprint density at radius 3 is 2.80 bits per heavy atom. The summed E-state index contributed by atoms with van der Waals surface area (Å²) in [4.78, 5) is 17.8. The predicted molar refractivity (Wildman–Crippen MR) is 79.1 cm³/mol. The van der Waals surface area contributed by atoms with Crippen LogP contribution >= 0.6 is 24.8 Å². The van der Waals surface area contributed by atoms with Gasteiger partial charge in [0.05, 0.1) is 11.8 Å². The van der Waals surface area contributed by atoms with Crippen LogP contribution in [0.4, 0.5) is 4.39 Å². The molecule has 4 nitrogen and oxygen atoms in total. The minimum absolute atomic E-state index is 0. The molecule has 1 N–H and O–H groups in total. The van der Waals surface area contributed by atoms with Crippen molar-refractivity contribution in [3.05, 3.63) is 29.8 Å². The van der Waals surface area contributed by atoms with Crippen LogP contribution < -0.4 is 5.32 Å². The van der Waals surface area contributed by atoms with Crippen LogP contribution in [0.3, 0.4) is 0 Å². The van der Waals surface area contributed by atoms with Gasteiger partial charge in [-0.25, -0.2) is 4.39 Å². The van der Waals surface area contributed by atoms with Crippen molar-refractivity contribution < 1.29 is 9.18 Å². The molecule has 7 heteroatoms. The highest BCUT2D eigenvalue weighted by Gasteiger charge is 2.34. The summed E-state index contributed by atoms with van der Waals surface area (Å²) in [6, 6.07) is 1.26. The highest BCUT2D eigenvalue weighted by molar-refractivity contribution is 5.94. The Morgan fingerprint density at radius 2 is 2.05 bits per heavy atom. The van der Waals surface area contributed by atoms with Crippen LogP contribution in [0, 0.1) is 17.7 Å².